The largest absolute Gasteiger partial charge is 0.463 e. The fourth-order valence-corrected chi connectivity index (χ4v) is 4.66. The van der Waals surface area contributed by atoms with Gasteiger partial charge in [-0.3, -0.25) is 20.4 Å². The lowest BCUT2D eigenvalue weighted by atomic mass is 10.1. The lowest BCUT2D eigenvalue weighted by molar-refractivity contribution is 0.0849. The first-order valence-electron chi connectivity index (χ1n) is 9.23. The van der Waals surface area contributed by atoms with Crippen LogP contribution in [0.25, 0.3) is 32.2 Å². The van der Waals surface area contributed by atoms with E-state index in [-0.39, 0.29) is 0 Å². The maximum Gasteiger partial charge on any atom is 0.281 e. The molecule has 0 fully saturated rings. The van der Waals surface area contributed by atoms with Crippen LogP contribution in [0.2, 0.25) is 0 Å². The molecule has 0 saturated heterocycles. The minimum Gasteiger partial charge on any atom is -0.463 e. The molecule has 31 heavy (non-hydrogen) atoms. The summed E-state index contributed by atoms with van der Waals surface area (Å²) in [5.74, 6) is -0.337. The number of hydrazine groups is 1. The zero-order valence-corrected chi connectivity index (χ0v) is 17.5. The Kier molecular flexibility index (Phi) is 5.03. The smallest absolute Gasteiger partial charge is 0.281 e. The monoisotopic (exact) mass is 446 g/mol. The SMILES string of the molecule is O=C(NNC(=O)c1cc(-c2ccco2)nc2ccccc12)c1cnc(-c2cccs2)s1. The predicted octanol–water partition coefficient (Wildman–Crippen LogP) is 4.75. The van der Waals surface area contributed by atoms with Crippen molar-refractivity contribution in [3.05, 3.63) is 82.9 Å². The molecule has 4 heterocycles. The van der Waals surface area contributed by atoms with Crippen LogP contribution < -0.4 is 10.9 Å². The average molecular weight is 447 g/mol. The first-order valence-corrected chi connectivity index (χ1v) is 10.9. The summed E-state index contributed by atoms with van der Waals surface area (Å²) in [5.41, 5.74) is 6.51. The van der Waals surface area contributed by atoms with Gasteiger partial charge in [0.1, 0.15) is 15.6 Å². The summed E-state index contributed by atoms with van der Waals surface area (Å²) < 4.78 is 5.42. The normalized spacial score (nSPS) is 10.8. The van der Waals surface area contributed by atoms with Crippen molar-refractivity contribution in [3.8, 4) is 21.3 Å². The number of furan rings is 1. The predicted molar refractivity (Wildman–Crippen MR) is 120 cm³/mol. The van der Waals surface area contributed by atoms with Crippen LogP contribution in [0.15, 0.2) is 76.9 Å². The molecule has 0 radical (unpaired) electrons. The van der Waals surface area contributed by atoms with Crippen molar-refractivity contribution in [2.24, 2.45) is 0 Å². The van der Waals surface area contributed by atoms with Crippen LogP contribution >= 0.6 is 22.7 Å². The molecule has 0 unspecified atom stereocenters. The lowest BCUT2D eigenvalue weighted by Crippen LogP contribution is -2.41. The van der Waals surface area contributed by atoms with Crippen molar-refractivity contribution in [1.82, 2.24) is 20.8 Å². The average Bonchev–Trinajstić information content (AvgIpc) is 3.58. The second-order valence-corrected chi connectivity index (χ2v) is 8.44. The molecule has 4 aromatic heterocycles. The van der Waals surface area contributed by atoms with Crippen LogP contribution in [0.5, 0.6) is 0 Å². The Balaban J connectivity index is 1.37. The van der Waals surface area contributed by atoms with Gasteiger partial charge in [-0.05, 0) is 35.7 Å². The van der Waals surface area contributed by atoms with Gasteiger partial charge in [0.25, 0.3) is 11.8 Å². The molecule has 152 valence electrons. The highest BCUT2D eigenvalue weighted by Crippen LogP contribution is 2.29. The van der Waals surface area contributed by atoms with Crippen LogP contribution in [0.4, 0.5) is 0 Å². The highest BCUT2D eigenvalue weighted by atomic mass is 32.1. The number of thiophene rings is 1. The zero-order valence-electron chi connectivity index (χ0n) is 15.9. The Hall–Kier alpha value is -3.82. The highest BCUT2D eigenvalue weighted by molar-refractivity contribution is 7.22. The van der Waals surface area contributed by atoms with E-state index >= 15 is 0 Å². The fraction of sp³-hybridized carbons (Fsp3) is 0. The van der Waals surface area contributed by atoms with E-state index in [0.29, 0.717) is 32.8 Å². The zero-order chi connectivity index (χ0) is 21.2. The Morgan fingerprint density at radius 1 is 0.968 bits per heavy atom. The molecule has 1 aromatic carbocycles. The van der Waals surface area contributed by atoms with Gasteiger partial charge < -0.3 is 4.42 Å². The number of hydrogen-bond acceptors (Lipinski definition) is 7. The van der Waals surface area contributed by atoms with Crippen molar-refractivity contribution in [1.29, 1.82) is 0 Å². The number of nitrogens with one attached hydrogen (secondary N) is 2. The van der Waals surface area contributed by atoms with E-state index in [1.165, 1.54) is 17.5 Å². The number of fused-ring (bicyclic) bond motifs is 1. The number of aromatic nitrogens is 2. The summed E-state index contributed by atoms with van der Waals surface area (Å²) in [6.07, 6.45) is 3.05. The summed E-state index contributed by atoms with van der Waals surface area (Å²) in [4.78, 5) is 35.7. The molecule has 9 heteroatoms. The third kappa shape index (κ3) is 3.83. The number of nitrogens with zero attached hydrogens (tertiary/aromatic N) is 2. The number of benzene rings is 1. The van der Waals surface area contributed by atoms with E-state index in [4.69, 9.17) is 4.42 Å². The Morgan fingerprint density at radius 2 is 1.84 bits per heavy atom. The van der Waals surface area contributed by atoms with Crippen molar-refractivity contribution in [2.45, 2.75) is 0 Å². The quantitative estimate of drug-likeness (QED) is 0.388. The van der Waals surface area contributed by atoms with E-state index in [1.54, 1.807) is 35.8 Å². The van der Waals surface area contributed by atoms with E-state index in [0.717, 1.165) is 9.88 Å². The van der Waals surface area contributed by atoms with Gasteiger partial charge in [-0.15, -0.1) is 22.7 Å². The van der Waals surface area contributed by atoms with Gasteiger partial charge in [-0.1, -0.05) is 24.3 Å². The number of carbonyl (C=O) groups is 2. The molecule has 2 N–H and O–H groups in total. The third-order valence-electron chi connectivity index (χ3n) is 4.49. The van der Waals surface area contributed by atoms with Crippen LogP contribution in [0, 0.1) is 0 Å². The molecule has 5 rings (SSSR count). The number of hydrogen-bond donors (Lipinski definition) is 2. The van der Waals surface area contributed by atoms with E-state index in [2.05, 4.69) is 20.8 Å². The van der Waals surface area contributed by atoms with Gasteiger partial charge in [-0.25, -0.2) is 9.97 Å². The molecule has 0 bridgehead atoms. The van der Waals surface area contributed by atoms with Gasteiger partial charge in [-0.2, -0.15) is 0 Å². The molecule has 7 nitrogen and oxygen atoms in total. The van der Waals surface area contributed by atoms with Crippen molar-refractivity contribution in [3.63, 3.8) is 0 Å². The molecule has 5 aromatic rings. The Morgan fingerprint density at radius 3 is 2.65 bits per heavy atom. The van der Waals surface area contributed by atoms with E-state index in [9.17, 15) is 9.59 Å². The fourth-order valence-electron chi connectivity index (χ4n) is 3.05. The second kappa shape index (κ2) is 8.13. The summed E-state index contributed by atoms with van der Waals surface area (Å²) in [6.45, 7) is 0. The summed E-state index contributed by atoms with van der Waals surface area (Å²) in [7, 11) is 0. The molecular weight excluding hydrogens is 432 g/mol. The van der Waals surface area contributed by atoms with Crippen molar-refractivity contribution < 1.29 is 14.0 Å². The molecule has 0 aliphatic heterocycles. The standard InChI is InChI=1S/C22H14N4O3S2/c27-20(25-26-21(28)19-12-23-22(31-19)18-8-4-10-30-18)14-11-16(17-7-3-9-29-17)24-15-6-2-1-5-13(14)15/h1-12H,(H,25,27)(H,26,28). The number of amides is 2. The van der Waals surface area contributed by atoms with Crippen molar-refractivity contribution in [2.75, 3.05) is 0 Å². The first-order chi connectivity index (χ1) is 15.2. The number of thiazole rings is 1. The molecule has 0 spiro atoms. The molecule has 0 aliphatic rings. The van der Waals surface area contributed by atoms with Gasteiger partial charge in [0.15, 0.2) is 5.76 Å². The Bertz CT molecular complexity index is 1380. The van der Waals surface area contributed by atoms with Crippen LogP contribution in [0.3, 0.4) is 0 Å². The maximum absolute atomic E-state index is 12.9. The number of carbonyl (C=O) groups excluding carboxylic acids is 2. The third-order valence-corrected chi connectivity index (χ3v) is 6.52. The van der Waals surface area contributed by atoms with E-state index in [1.807, 2.05) is 41.8 Å². The lowest BCUT2D eigenvalue weighted by Gasteiger charge is -2.10. The summed E-state index contributed by atoms with van der Waals surface area (Å²) >= 11 is 2.81. The van der Waals surface area contributed by atoms with Gasteiger partial charge in [0.2, 0.25) is 0 Å². The van der Waals surface area contributed by atoms with E-state index < -0.39 is 11.8 Å². The molecule has 0 atom stereocenters. The van der Waals surface area contributed by atoms with Crippen molar-refractivity contribution >= 4 is 45.4 Å². The number of rotatable bonds is 4. The number of pyridine rings is 1. The van der Waals surface area contributed by atoms with Gasteiger partial charge >= 0.3 is 0 Å². The molecule has 0 aliphatic carbocycles. The summed E-state index contributed by atoms with van der Waals surface area (Å²) in [5, 5.41) is 3.38. The van der Waals surface area contributed by atoms with Crippen LogP contribution in [0.1, 0.15) is 20.0 Å². The summed E-state index contributed by atoms with van der Waals surface area (Å²) in [6, 6.07) is 16.3. The minimum atomic E-state index is -0.456. The Labute approximate surface area is 184 Å². The number of para-hydroxylation sites is 1. The molecule has 0 saturated carbocycles. The minimum absolute atomic E-state index is 0.376. The molecule has 2 amide bonds. The maximum atomic E-state index is 12.9. The molecular formula is C22H14N4O3S2. The van der Waals surface area contributed by atoms with Crippen LogP contribution in [-0.4, -0.2) is 21.8 Å². The van der Waals surface area contributed by atoms with Gasteiger partial charge in [0, 0.05) is 5.39 Å². The topological polar surface area (TPSA) is 97.1 Å². The van der Waals surface area contributed by atoms with Gasteiger partial charge in [0.05, 0.1) is 28.4 Å². The second-order valence-electron chi connectivity index (χ2n) is 6.46. The van der Waals surface area contributed by atoms with Crippen LogP contribution in [-0.2, 0) is 0 Å². The highest BCUT2D eigenvalue weighted by Gasteiger charge is 2.17. The first kappa shape index (κ1) is 19.2.